The summed E-state index contributed by atoms with van der Waals surface area (Å²) in [7, 11) is 2.02. The highest BCUT2D eigenvalue weighted by Crippen LogP contribution is 2.21. The van der Waals surface area contributed by atoms with Gasteiger partial charge >= 0.3 is 0 Å². The molecule has 5 nitrogen and oxygen atoms in total. The minimum Gasteiger partial charge on any atom is -0.368 e. The largest absolute Gasteiger partial charge is 0.368 e. The van der Waals surface area contributed by atoms with Gasteiger partial charge in [-0.2, -0.15) is 0 Å². The van der Waals surface area contributed by atoms with Gasteiger partial charge in [0.1, 0.15) is 5.82 Å². The molecule has 0 atom stereocenters. The van der Waals surface area contributed by atoms with Crippen LogP contribution in [-0.4, -0.2) is 55.6 Å². The van der Waals surface area contributed by atoms with Crippen molar-refractivity contribution >= 4 is 29.0 Å². The monoisotopic (exact) mass is 386 g/mol. The van der Waals surface area contributed by atoms with Crippen LogP contribution in [0.25, 0.3) is 0 Å². The van der Waals surface area contributed by atoms with Crippen LogP contribution in [0.3, 0.4) is 0 Å². The number of halogens is 1. The maximum Gasteiger partial charge on any atom is 0.254 e. The van der Waals surface area contributed by atoms with Crippen molar-refractivity contribution in [3.63, 3.8) is 0 Å². The van der Waals surface area contributed by atoms with Crippen LogP contribution in [0.15, 0.2) is 42.6 Å². The number of benzene rings is 1. The van der Waals surface area contributed by atoms with Crippen molar-refractivity contribution in [3.05, 3.63) is 53.2 Å². The standard InChI is InChI=1S/C21H27ClN4O/c1-3-4-10-24(2)20-15-17(8-9-23-20)21(27)26-13-11-25(12-14-26)19-7-5-6-18(22)16-19/h5-9,15-16H,3-4,10-14H2,1-2H3. The molecule has 1 aliphatic rings. The number of aromatic nitrogens is 1. The summed E-state index contributed by atoms with van der Waals surface area (Å²) < 4.78 is 0. The molecule has 3 rings (SSSR count). The lowest BCUT2D eigenvalue weighted by Gasteiger charge is -2.36. The second-order valence-electron chi connectivity index (χ2n) is 6.94. The van der Waals surface area contributed by atoms with Crippen molar-refractivity contribution in [1.82, 2.24) is 9.88 Å². The second kappa shape index (κ2) is 9.09. The highest BCUT2D eigenvalue weighted by Gasteiger charge is 2.23. The van der Waals surface area contributed by atoms with Gasteiger partial charge in [0.2, 0.25) is 0 Å². The quantitative estimate of drug-likeness (QED) is 0.754. The first kappa shape index (κ1) is 19.5. The summed E-state index contributed by atoms with van der Waals surface area (Å²) in [5.74, 6) is 0.931. The number of pyridine rings is 1. The maximum atomic E-state index is 12.9. The normalized spacial score (nSPS) is 14.3. The van der Waals surface area contributed by atoms with Gasteiger partial charge in [-0.3, -0.25) is 4.79 Å². The van der Waals surface area contributed by atoms with Gasteiger partial charge in [0, 0.05) is 62.2 Å². The Hall–Kier alpha value is -2.27. The number of carbonyl (C=O) groups excluding carboxylic acids is 1. The molecular formula is C21H27ClN4O. The van der Waals surface area contributed by atoms with Crippen LogP contribution >= 0.6 is 11.6 Å². The van der Waals surface area contributed by atoms with E-state index in [-0.39, 0.29) is 5.91 Å². The first-order valence-electron chi connectivity index (χ1n) is 9.55. The van der Waals surface area contributed by atoms with Crippen LogP contribution in [0.5, 0.6) is 0 Å². The van der Waals surface area contributed by atoms with Crippen LogP contribution in [0.2, 0.25) is 5.02 Å². The molecule has 6 heteroatoms. The molecule has 1 aromatic heterocycles. The van der Waals surface area contributed by atoms with Crippen molar-refractivity contribution < 1.29 is 4.79 Å². The molecule has 1 fully saturated rings. The van der Waals surface area contributed by atoms with E-state index in [0.717, 1.165) is 49.0 Å². The van der Waals surface area contributed by atoms with E-state index in [1.165, 1.54) is 0 Å². The lowest BCUT2D eigenvalue weighted by molar-refractivity contribution is 0.0746. The fraction of sp³-hybridized carbons (Fsp3) is 0.429. The van der Waals surface area contributed by atoms with Crippen molar-refractivity contribution in [2.45, 2.75) is 19.8 Å². The Bertz CT molecular complexity index is 774. The number of hydrogen-bond acceptors (Lipinski definition) is 4. The van der Waals surface area contributed by atoms with Crippen LogP contribution in [0.1, 0.15) is 30.1 Å². The van der Waals surface area contributed by atoms with Crippen LogP contribution < -0.4 is 9.80 Å². The molecule has 0 bridgehead atoms. The minimum atomic E-state index is 0.0771. The molecule has 0 radical (unpaired) electrons. The predicted molar refractivity (Wildman–Crippen MR) is 112 cm³/mol. The van der Waals surface area contributed by atoms with E-state index >= 15 is 0 Å². The van der Waals surface area contributed by atoms with E-state index in [9.17, 15) is 4.79 Å². The average Bonchev–Trinajstić information content (AvgIpc) is 2.71. The van der Waals surface area contributed by atoms with Crippen LogP contribution in [-0.2, 0) is 0 Å². The molecule has 0 aliphatic carbocycles. The molecule has 2 heterocycles. The Labute approximate surface area is 166 Å². The molecule has 1 aliphatic heterocycles. The molecule has 2 aromatic rings. The number of rotatable bonds is 6. The summed E-state index contributed by atoms with van der Waals surface area (Å²) in [5.41, 5.74) is 1.82. The second-order valence-corrected chi connectivity index (χ2v) is 7.37. The van der Waals surface area contributed by atoms with Crippen LogP contribution in [0.4, 0.5) is 11.5 Å². The van der Waals surface area contributed by atoms with Gasteiger partial charge in [-0.1, -0.05) is 31.0 Å². The number of amides is 1. The highest BCUT2D eigenvalue weighted by atomic mass is 35.5. The number of unbranched alkanes of at least 4 members (excludes halogenated alkanes) is 1. The molecule has 0 saturated carbocycles. The summed E-state index contributed by atoms with van der Waals surface area (Å²) in [5, 5.41) is 0.738. The van der Waals surface area contributed by atoms with E-state index in [2.05, 4.69) is 27.8 Å². The molecule has 0 spiro atoms. The molecule has 0 unspecified atom stereocenters. The summed E-state index contributed by atoms with van der Waals surface area (Å²) in [6.45, 7) is 6.13. The Morgan fingerprint density at radius 1 is 1.19 bits per heavy atom. The van der Waals surface area contributed by atoms with Gasteiger partial charge in [-0.25, -0.2) is 4.98 Å². The van der Waals surface area contributed by atoms with Crippen molar-refractivity contribution in [1.29, 1.82) is 0 Å². The van der Waals surface area contributed by atoms with Crippen molar-refractivity contribution in [3.8, 4) is 0 Å². The fourth-order valence-corrected chi connectivity index (χ4v) is 3.48. The van der Waals surface area contributed by atoms with Crippen LogP contribution in [0, 0.1) is 0 Å². The summed E-state index contributed by atoms with van der Waals surface area (Å²) in [6, 6.07) is 11.6. The summed E-state index contributed by atoms with van der Waals surface area (Å²) in [6.07, 6.45) is 3.98. The molecule has 1 amide bonds. The van der Waals surface area contributed by atoms with E-state index in [4.69, 9.17) is 11.6 Å². The first-order valence-corrected chi connectivity index (χ1v) is 9.93. The van der Waals surface area contributed by atoms with E-state index in [1.807, 2.05) is 42.3 Å². The number of anilines is 2. The zero-order valence-corrected chi connectivity index (χ0v) is 16.8. The smallest absolute Gasteiger partial charge is 0.254 e. The zero-order valence-electron chi connectivity index (χ0n) is 16.1. The Balaban J connectivity index is 1.62. The molecule has 0 N–H and O–H groups in total. The SMILES string of the molecule is CCCCN(C)c1cc(C(=O)N2CCN(c3cccc(Cl)c3)CC2)ccn1. The Kier molecular flexibility index (Phi) is 6.56. The number of piperazine rings is 1. The molecule has 1 saturated heterocycles. The van der Waals surface area contributed by atoms with Crippen molar-refractivity contribution in [2.75, 3.05) is 49.6 Å². The Morgan fingerprint density at radius 3 is 2.67 bits per heavy atom. The number of nitrogens with zero attached hydrogens (tertiary/aromatic N) is 4. The zero-order chi connectivity index (χ0) is 19.2. The van der Waals surface area contributed by atoms with E-state index in [1.54, 1.807) is 6.20 Å². The molecular weight excluding hydrogens is 360 g/mol. The molecule has 144 valence electrons. The number of carbonyl (C=O) groups is 1. The fourth-order valence-electron chi connectivity index (χ4n) is 3.29. The van der Waals surface area contributed by atoms with Gasteiger partial charge in [0.05, 0.1) is 0 Å². The highest BCUT2D eigenvalue weighted by molar-refractivity contribution is 6.30. The van der Waals surface area contributed by atoms with Crippen molar-refractivity contribution in [2.24, 2.45) is 0 Å². The third-order valence-electron chi connectivity index (χ3n) is 4.97. The lowest BCUT2D eigenvalue weighted by Crippen LogP contribution is -2.48. The lowest BCUT2D eigenvalue weighted by atomic mass is 10.2. The summed E-state index contributed by atoms with van der Waals surface area (Å²) >= 11 is 6.09. The third kappa shape index (κ3) is 4.92. The third-order valence-corrected chi connectivity index (χ3v) is 5.21. The molecule has 1 aromatic carbocycles. The Morgan fingerprint density at radius 2 is 1.96 bits per heavy atom. The van der Waals surface area contributed by atoms with Gasteiger partial charge in [-0.05, 0) is 36.8 Å². The number of hydrogen-bond donors (Lipinski definition) is 0. The van der Waals surface area contributed by atoms with Gasteiger partial charge in [0.15, 0.2) is 0 Å². The minimum absolute atomic E-state index is 0.0771. The first-order chi connectivity index (χ1) is 13.1. The van der Waals surface area contributed by atoms with E-state index < -0.39 is 0 Å². The van der Waals surface area contributed by atoms with Gasteiger partial charge < -0.3 is 14.7 Å². The topological polar surface area (TPSA) is 39.7 Å². The predicted octanol–water partition coefficient (Wildman–Crippen LogP) is 3.93. The summed E-state index contributed by atoms with van der Waals surface area (Å²) in [4.78, 5) is 23.6. The van der Waals surface area contributed by atoms with Gasteiger partial charge in [0.25, 0.3) is 5.91 Å². The average molecular weight is 387 g/mol. The van der Waals surface area contributed by atoms with Gasteiger partial charge in [-0.15, -0.1) is 0 Å². The van der Waals surface area contributed by atoms with E-state index in [0.29, 0.717) is 18.7 Å². The molecule has 27 heavy (non-hydrogen) atoms. The maximum absolute atomic E-state index is 12.9.